The van der Waals surface area contributed by atoms with Gasteiger partial charge in [-0.15, -0.1) is 0 Å². The molecule has 2 heterocycles. The molecule has 2 atom stereocenters. The van der Waals surface area contributed by atoms with Crippen LogP contribution in [0.5, 0.6) is 0 Å². The zero-order chi connectivity index (χ0) is 17.2. The Bertz CT molecular complexity index is 574. The number of rotatable bonds is 3. The van der Waals surface area contributed by atoms with Gasteiger partial charge in [0.25, 0.3) is 5.91 Å². The molecule has 0 aromatic carbocycles. The van der Waals surface area contributed by atoms with Crippen molar-refractivity contribution in [2.45, 2.75) is 57.0 Å². The van der Waals surface area contributed by atoms with Crippen LogP contribution < -0.4 is 11.1 Å². The van der Waals surface area contributed by atoms with E-state index in [-0.39, 0.29) is 23.8 Å². The number of piperidine rings is 1. The van der Waals surface area contributed by atoms with Crippen molar-refractivity contribution in [1.29, 1.82) is 0 Å². The summed E-state index contributed by atoms with van der Waals surface area (Å²) in [6.45, 7) is 3.26. The third-order valence-electron chi connectivity index (χ3n) is 5.43. The molecule has 6 nitrogen and oxygen atoms in total. The number of nitrogens with one attached hydrogen (secondary N) is 1. The molecule has 24 heavy (non-hydrogen) atoms. The number of hydrogen-bond acceptors (Lipinski definition) is 4. The molecule has 1 saturated heterocycles. The first kappa shape index (κ1) is 17.0. The molecule has 2 unspecified atom stereocenters. The van der Waals surface area contributed by atoms with Crippen LogP contribution >= 0.6 is 0 Å². The fraction of sp³-hybridized carbons (Fsp3) is 0.667. The van der Waals surface area contributed by atoms with Crippen LogP contribution in [0.1, 0.15) is 56.0 Å². The highest BCUT2D eigenvalue weighted by atomic mass is 16.3. The topological polar surface area (TPSA) is 88.6 Å². The summed E-state index contributed by atoms with van der Waals surface area (Å²) in [5.74, 6) is 0.273. The van der Waals surface area contributed by atoms with E-state index in [1.807, 2.05) is 6.92 Å². The average molecular weight is 333 g/mol. The Morgan fingerprint density at radius 2 is 2.04 bits per heavy atom. The van der Waals surface area contributed by atoms with Gasteiger partial charge in [-0.1, -0.05) is 12.8 Å². The molecule has 0 radical (unpaired) electrons. The van der Waals surface area contributed by atoms with Crippen molar-refractivity contribution in [2.24, 2.45) is 11.7 Å². The van der Waals surface area contributed by atoms with E-state index in [2.05, 4.69) is 5.32 Å². The summed E-state index contributed by atoms with van der Waals surface area (Å²) in [6.07, 6.45) is 6.99. The maximum atomic E-state index is 12.6. The molecule has 0 spiro atoms. The van der Waals surface area contributed by atoms with Gasteiger partial charge in [0.2, 0.25) is 5.91 Å². The Balaban J connectivity index is 1.50. The number of hydrogen-bond donors (Lipinski definition) is 2. The highest BCUT2D eigenvalue weighted by molar-refractivity contribution is 5.91. The van der Waals surface area contributed by atoms with Crippen molar-refractivity contribution in [3.63, 3.8) is 0 Å². The summed E-state index contributed by atoms with van der Waals surface area (Å²) >= 11 is 0. The summed E-state index contributed by atoms with van der Waals surface area (Å²) in [5, 5.41) is 3.16. The number of nitrogens with zero attached hydrogens (tertiary/aromatic N) is 1. The standard InChI is InChI=1S/C18H27N3O3/c1-18(19)9-3-2-5-14(18)16(22)20-13-7-10-21(11-8-13)17(23)15-6-4-12-24-15/h4,6,12-14H,2-3,5,7-11,19H2,1H3,(H,20,22). The Morgan fingerprint density at radius 3 is 2.67 bits per heavy atom. The van der Waals surface area contributed by atoms with Crippen LogP contribution in [0.2, 0.25) is 0 Å². The maximum absolute atomic E-state index is 12.6. The van der Waals surface area contributed by atoms with Gasteiger partial charge in [0, 0.05) is 24.7 Å². The monoisotopic (exact) mass is 333 g/mol. The number of carbonyl (C=O) groups excluding carboxylic acids is 2. The number of carbonyl (C=O) groups is 2. The largest absolute Gasteiger partial charge is 0.459 e. The summed E-state index contributed by atoms with van der Waals surface area (Å²) in [6, 6.07) is 3.52. The van der Waals surface area contributed by atoms with Crippen molar-refractivity contribution >= 4 is 11.8 Å². The SMILES string of the molecule is CC1(N)CCCCC1C(=O)NC1CCN(C(=O)c2ccco2)CC1. The summed E-state index contributed by atoms with van der Waals surface area (Å²) < 4.78 is 5.17. The van der Waals surface area contributed by atoms with Gasteiger partial charge in [0.15, 0.2) is 5.76 Å². The van der Waals surface area contributed by atoms with E-state index in [4.69, 9.17) is 10.2 Å². The Morgan fingerprint density at radius 1 is 1.29 bits per heavy atom. The van der Waals surface area contributed by atoms with Crippen LogP contribution in [0.15, 0.2) is 22.8 Å². The molecule has 1 aromatic rings. The summed E-state index contributed by atoms with van der Waals surface area (Å²) in [5.41, 5.74) is 5.92. The Kier molecular flexibility index (Phi) is 4.94. The minimum absolute atomic E-state index is 0.0772. The smallest absolute Gasteiger partial charge is 0.289 e. The van der Waals surface area contributed by atoms with E-state index in [1.165, 1.54) is 6.26 Å². The second-order valence-electron chi connectivity index (χ2n) is 7.36. The van der Waals surface area contributed by atoms with E-state index < -0.39 is 5.54 Å². The van der Waals surface area contributed by atoms with E-state index in [0.29, 0.717) is 18.8 Å². The quantitative estimate of drug-likeness (QED) is 0.884. The van der Waals surface area contributed by atoms with Crippen molar-refractivity contribution < 1.29 is 14.0 Å². The molecule has 6 heteroatoms. The number of likely N-dealkylation sites (tertiary alicyclic amines) is 1. The second kappa shape index (κ2) is 6.97. The van der Waals surface area contributed by atoms with Gasteiger partial charge >= 0.3 is 0 Å². The lowest BCUT2D eigenvalue weighted by Gasteiger charge is -2.39. The molecule has 0 bridgehead atoms. The van der Waals surface area contributed by atoms with Crippen LogP contribution in [-0.4, -0.2) is 41.4 Å². The van der Waals surface area contributed by atoms with Crippen LogP contribution in [0.4, 0.5) is 0 Å². The van der Waals surface area contributed by atoms with Crippen LogP contribution in [0.3, 0.4) is 0 Å². The molecule has 1 aromatic heterocycles. The molecule has 2 fully saturated rings. The number of nitrogens with two attached hydrogens (primary N) is 1. The fourth-order valence-corrected chi connectivity index (χ4v) is 3.87. The number of furan rings is 1. The molecule has 1 aliphatic heterocycles. The summed E-state index contributed by atoms with van der Waals surface area (Å²) in [4.78, 5) is 26.6. The predicted molar refractivity (Wildman–Crippen MR) is 90.3 cm³/mol. The van der Waals surface area contributed by atoms with Crippen molar-refractivity contribution in [3.05, 3.63) is 24.2 Å². The highest BCUT2D eigenvalue weighted by Crippen LogP contribution is 2.32. The Labute approximate surface area is 142 Å². The second-order valence-corrected chi connectivity index (χ2v) is 7.36. The van der Waals surface area contributed by atoms with Crippen LogP contribution in [0.25, 0.3) is 0 Å². The van der Waals surface area contributed by atoms with Gasteiger partial charge < -0.3 is 20.4 Å². The van der Waals surface area contributed by atoms with E-state index in [0.717, 1.165) is 38.5 Å². The third-order valence-corrected chi connectivity index (χ3v) is 5.43. The lowest BCUT2D eigenvalue weighted by Crippen LogP contribution is -2.55. The first-order valence-corrected chi connectivity index (χ1v) is 8.89. The van der Waals surface area contributed by atoms with Gasteiger partial charge in [0.1, 0.15) is 0 Å². The zero-order valence-corrected chi connectivity index (χ0v) is 14.3. The molecule has 2 aliphatic rings. The first-order chi connectivity index (χ1) is 11.5. The van der Waals surface area contributed by atoms with Crippen molar-refractivity contribution in [2.75, 3.05) is 13.1 Å². The van der Waals surface area contributed by atoms with Gasteiger partial charge in [-0.3, -0.25) is 9.59 Å². The highest BCUT2D eigenvalue weighted by Gasteiger charge is 2.38. The van der Waals surface area contributed by atoms with E-state index >= 15 is 0 Å². The van der Waals surface area contributed by atoms with E-state index in [1.54, 1.807) is 17.0 Å². The lowest BCUT2D eigenvalue weighted by atomic mass is 9.74. The van der Waals surface area contributed by atoms with Gasteiger partial charge in [-0.05, 0) is 44.7 Å². The number of amides is 2. The normalized spacial score (nSPS) is 28.6. The molecule has 1 aliphatic carbocycles. The average Bonchev–Trinajstić information content (AvgIpc) is 3.09. The predicted octanol–water partition coefficient (Wildman–Crippen LogP) is 1.91. The maximum Gasteiger partial charge on any atom is 0.289 e. The van der Waals surface area contributed by atoms with E-state index in [9.17, 15) is 9.59 Å². The minimum Gasteiger partial charge on any atom is -0.459 e. The third kappa shape index (κ3) is 3.64. The molecule has 3 rings (SSSR count). The molecular weight excluding hydrogens is 306 g/mol. The minimum atomic E-state index is -0.404. The first-order valence-electron chi connectivity index (χ1n) is 8.89. The van der Waals surface area contributed by atoms with Crippen molar-refractivity contribution in [1.82, 2.24) is 10.2 Å². The zero-order valence-electron chi connectivity index (χ0n) is 14.3. The Hall–Kier alpha value is -1.82. The molecule has 3 N–H and O–H groups in total. The molecule has 2 amide bonds. The van der Waals surface area contributed by atoms with Gasteiger partial charge in [-0.2, -0.15) is 0 Å². The van der Waals surface area contributed by atoms with Crippen molar-refractivity contribution in [3.8, 4) is 0 Å². The molecule has 1 saturated carbocycles. The van der Waals surface area contributed by atoms with Gasteiger partial charge in [0.05, 0.1) is 12.2 Å². The molecule has 132 valence electrons. The molecular formula is C18H27N3O3. The van der Waals surface area contributed by atoms with Crippen LogP contribution in [-0.2, 0) is 4.79 Å². The summed E-state index contributed by atoms with van der Waals surface area (Å²) in [7, 11) is 0. The fourth-order valence-electron chi connectivity index (χ4n) is 3.87. The van der Waals surface area contributed by atoms with Crippen LogP contribution in [0, 0.1) is 5.92 Å². The van der Waals surface area contributed by atoms with Gasteiger partial charge in [-0.25, -0.2) is 0 Å². The lowest BCUT2D eigenvalue weighted by molar-refractivity contribution is -0.129.